The van der Waals surface area contributed by atoms with Gasteiger partial charge in [-0.2, -0.15) is 0 Å². The zero-order chi connectivity index (χ0) is 7.28. The number of hydrogen-bond donors (Lipinski definition) is 1. The third-order valence-corrected chi connectivity index (χ3v) is 1.87. The second-order valence-electron chi connectivity index (χ2n) is 2.30. The molecule has 0 spiro atoms. The van der Waals surface area contributed by atoms with Gasteiger partial charge in [0.1, 0.15) is 0 Å². The van der Waals surface area contributed by atoms with Crippen molar-refractivity contribution in [2.24, 2.45) is 11.7 Å². The molecule has 0 rings (SSSR count). The van der Waals surface area contributed by atoms with Crippen LogP contribution in [0.3, 0.4) is 0 Å². The van der Waals surface area contributed by atoms with Crippen molar-refractivity contribution in [3.63, 3.8) is 0 Å². The fourth-order valence-electron chi connectivity index (χ4n) is 0.896. The van der Waals surface area contributed by atoms with Gasteiger partial charge in [-0.25, -0.2) is 0 Å². The molecule has 1 atom stereocenters. The van der Waals surface area contributed by atoms with Crippen LogP contribution < -0.4 is 5.73 Å². The van der Waals surface area contributed by atoms with Gasteiger partial charge in [0.2, 0.25) is 0 Å². The second kappa shape index (κ2) is 4.74. The topological polar surface area (TPSA) is 26.0 Å². The van der Waals surface area contributed by atoms with E-state index in [0.29, 0.717) is 10.9 Å². The molecular weight excluding hydrogens is 130 g/mol. The average molecular weight is 145 g/mol. The molecule has 0 aliphatic heterocycles. The zero-order valence-electron chi connectivity index (χ0n) is 6.18. The normalized spacial score (nSPS) is 13.1. The summed E-state index contributed by atoms with van der Waals surface area (Å²) in [6.07, 6.45) is 3.41. The Morgan fingerprint density at radius 2 is 2.11 bits per heavy atom. The fourth-order valence-corrected chi connectivity index (χ4v) is 1.18. The molecule has 54 valence electrons. The van der Waals surface area contributed by atoms with Crippen LogP contribution in [0.2, 0.25) is 0 Å². The minimum absolute atomic E-state index is 0.477. The summed E-state index contributed by atoms with van der Waals surface area (Å²) in [6, 6.07) is 0. The summed E-state index contributed by atoms with van der Waals surface area (Å²) in [5.74, 6) is 0.477. The van der Waals surface area contributed by atoms with Crippen molar-refractivity contribution in [2.45, 2.75) is 33.1 Å². The van der Waals surface area contributed by atoms with E-state index in [-0.39, 0.29) is 0 Å². The SMILES string of the molecule is CCCC(CC)C(N)=S. The second-order valence-corrected chi connectivity index (χ2v) is 2.77. The van der Waals surface area contributed by atoms with E-state index >= 15 is 0 Å². The first-order valence-electron chi connectivity index (χ1n) is 3.51. The molecule has 0 fully saturated rings. The Labute approximate surface area is 62.6 Å². The Morgan fingerprint density at radius 3 is 2.22 bits per heavy atom. The van der Waals surface area contributed by atoms with Gasteiger partial charge in [-0.3, -0.25) is 0 Å². The Morgan fingerprint density at radius 1 is 1.56 bits per heavy atom. The van der Waals surface area contributed by atoms with Gasteiger partial charge in [0.05, 0.1) is 4.99 Å². The predicted octanol–water partition coefficient (Wildman–Crippen LogP) is 2.10. The lowest BCUT2D eigenvalue weighted by molar-refractivity contribution is 0.597. The van der Waals surface area contributed by atoms with Crippen LogP contribution >= 0.6 is 12.2 Å². The Hall–Kier alpha value is -0.110. The zero-order valence-corrected chi connectivity index (χ0v) is 7.00. The van der Waals surface area contributed by atoms with Crippen LogP contribution in [0.4, 0.5) is 0 Å². The van der Waals surface area contributed by atoms with Crippen LogP contribution in [0, 0.1) is 5.92 Å². The minimum atomic E-state index is 0.477. The highest BCUT2D eigenvalue weighted by atomic mass is 32.1. The summed E-state index contributed by atoms with van der Waals surface area (Å²) in [4.78, 5) is 0.680. The maximum Gasteiger partial charge on any atom is 0.0758 e. The van der Waals surface area contributed by atoms with Crippen molar-refractivity contribution >= 4 is 17.2 Å². The van der Waals surface area contributed by atoms with Gasteiger partial charge in [-0.1, -0.05) is 32.5 Å². The molecule has 0 bridgehead atoms. The van der Waals surface area contributed by atoms with Crippen LogP contribution in [0.15, 0.2) is 0 Å². The van der Waals surface area contributed by atoms with Crippen LogP contribution in [0.1, 0.15) is 33.1 Å². The first-order chi connectivity index (χ1) is 4.22. The quantitative estimate of drug-likeness (QED) is 0.613. The van der Waals surface area contributed by atoms with Crippen molar-refractivity contribution in [3.05, 3.63) is 0 Å². The molecule has 0 aliphatic carbocycles. The minimum Gasteiger partial charge on any atom is -0.393 e. The van der Waals surface area contributed by atoms with E-state index in [1.807, 2.05) is 0 Å². The summed E-state index contributed by atoms with van der Waals surface area (Å²) in [7, 11) is 0. The van der Waals surface area contributed by atoms with Gasteiger partial charge in [0.25, 0.3) is 0 Å². The lowest BCUT2D eigenvalue weighted by Gasteiger charge is -2.09. The first-order valence-corrected chi connectivity index (χ1v) is 3.92. The highest BCUT2D eigenvalue weighted by Crippen LogP contribution is 2.09. The van der Waals surface area contributed by atoms with Crippen molar-refractivity contribution in [1.82, 2.24) is 0 Å². The van der Waals surface area contributed by atoms with Crippen LogP contribution in [-0.4, -0.2) is 4.99 Å². The van der Waals surface area contributed by atoms with Crippen LogP contribution in [0.25, 0.3) is 0 Å². The standard InChI is InChI=1S/C7H15NS/c1-3-5-6(4-2)7(8)9/h6H,3-5H2,1-2H3,(H2,8,9). The highest BCUT2D eigenvalue weighted by molar-refractivity contribution is 7.80. The molecule has 1 nitrogen and oxygen atoms in total. The fraction of sp³-hybridized carbons (Fsp3) is 0.857. The average Bonchev–Trinajstić information content (AvgIpc) is 1.82. The molecule has 1 unspecified atom stereocenters. The molecular formula is C7H15NS. The van der Waals surface area contributed by atoms with E-state index in [1.54, 1.807) is 0 Å². The summed E-state index contributed by atoms with van der Waals surface area (Å²) >= 11 is 4.86. The predicted molar refractivity (Wildman–Crippen MR) is 45.5 cm³/mol. The summed E-state index contributed by atoms with van der Waals surface area (Å²) in [5, 5.41) is 0. The van der Waals surface area contributed by atoms with Crippen molar-refractivity contribution in [1.29, 1.82) is 0 Å². The van der Waals surface area contributed by atoms with Gasteiger partial charge in [0.15, 0.2) is 0 Å². The van der Waals surface area contributed by atoms with E-state index < -0.39 is 0 Å². The first kappa shape index (κ1) is 8.89. The summed E-state index contributed by atoms with van der Waals surface area (Å²) < 4.78 is 0. The van der Waals surface area contributed by atoms with Crippen molar-refractivity contribution < 1.29 is 0 Å². The summed E-state index contributed by atoms with van der Waals surface area (Å²) in [5.41, 5.74) is 5.46. The lowest BCUT2D eigenvalue weighted by Crippen LogP contribution is -2.19. The highest BCUT2D eigenvalue weighted by Gasteiger charge is 2.05. The molecule has 0 aromatic rings. The molecule has 0 radical (unpaired) electrons. The Kier molecular flexibility index (Phi) is 4.68. The monoisotopic (exact) mass is 145 g/mol. The molecule has 2 N–H and O–H groups in total. The third-order valence-electron chi connectivity index (χ3n) is 1.53. The molecule has 0 aromatic carbocycles. The Bertz CT molecular complexity index is 90.9. The molecule has 9 heavy (non-hydrogen) atoms. The number of thiocarbonyl (C=S) groups is 1. The molecule has 0 heterocycles. The summed E-state index contributed by atoms with van der Waals surface area (Å²) in [6.45, 7) is 4.28. The molecule has 0 saturated heterocycles. The van der Waals surface area contributed by atoms with E-state index in [0.717, 1.165) is 12.8 Å². The molecule has 0 amide bonds. The number of nitrogens with two attached hydrogens (primary N) is 1. The molecule has 0 saturated carbocycles. The maximum atomic E-state index is 5.46. The number of hydrogen-bond acceptors (Lipinski definition) is 1. The van der Waals surface area contributed by atoms with E-state index in [4.69, 9.17) is 18.0 Å². The van der Waals surface area contributed by atoms with Gasteiger partial charge in [-0.05, 0) is 12.8 Å². The number of rotatable bonds is 4. The lowest BCUT2D eigenvalue weighted by atomic mass is 10.0. The van der Waals surface area contributed by atoms with E-state index in [1.165, 1.54) is 6.42 Å². The van der Waals surface area contributed by atoms with E-state index in [2.05, 4.69) is 13.8 Å². The van der Waals surface area contributed by atoms with Crippen LogP contribution in [0.5, 0.6) is 0 Å². The van der Waals surface area contributed by atoms with Crippen molar-refractivity contribution in [2.75, 3.05) is 0 Å². The van der Waals surface area contributed by atoms with Gasteiger partial charge < -0.3 is 5.73 Å². The van der Waals surface area contributed by atoms with E-state index in [9.17, 15) is 0 Å². The third kappa shape index (κ3) is 3.46. The molecule has 2 heteroatoms. The van der Waals surface area contributed by atoms with Gasteiger partial charge >= 0.3 is 0 Å². The largest absolute Gasteiger partial charge is 0.393 e. The maximum absolute atomic E-state index is 5.46. The van der Waals surface area contributed by atoms with Gasteiger partial charge in [0, 0.05) is 5.92 Å². The Balaban J connectivity index is 3.54. The molecule has 0 aromatic heterocycles. The molecule has 0 aliphatic rings. The smallest absolute Gasteiger partial charge is 0.0758 e. The van der Waals surface area contributed by atoms with Gasteiger partial charge in [-0.15, -0.1) is 0 Å². The van der Waals surface area contributed by atoms with Crippen LogP contribution in [-0.2, 0) is 0 Å². The van der Waals surface area contributed by atoms with Crippen molar-refractivity contribution in [3.8, 4) is 0 Å².